The highest BCUT2D eigenvalue weighted by atomic mass is 16.4. The summed E-state index contributed by atoms with van der Waals surface area (Å²) in [5.74, 6) is 0. The van der Waals surface area contributed by atoms with Gasteiger partial charge < -0.3 is 10.0 Å². The van der Waals surface area contributed by atoms with Crippen molar-refractivity contribution in [2.45, 2.75) is 25.9 Å². The summed E-state index contributed by atoms with van der Waals surface area (Å²) in [5, 5.41) is 8.93. The molecule has 1 fully saturated rings. The smallest absolute Gasteiger partial charge is 0.407 e. The molecule has 0 radical (unpaired) electrons. The molecule has 1 aliphatic heterocycles. The summed E-state index contributed by atoms with van der Waals surface area (Å²) in [6.45, 7) is 9.90. The summed E-state index contributed by atoms with van der Waals surface area (Å²) in [6, 6.07) is 0.351. The van der Waals surface area contributed by atoms with Gasteiger partial charge in [-0.1, -0.05) is 6.08 Å². The van der Waals surface area contributed by atoms with Crippen molar-refractivity contribution in [2.75, 3.05) is 19.6 Å². The minimum Gasteiger partial charge on any atom is -0.465 e. The first kappa shape index (κ1) is 11.0. The summed E-state index contributed by atoms with van der Waals surface area (Å²) in [4.78, 5) is 14.6. The van der Waals surface area contributed by atoms with Gasteiger partial charge in [0, 0.05) is 31.7 Å². The van der Waals surface area contributed by atoms with E-state index in [0.717, 1.165) is 13.1 Å². The Labute approximate surface area is 84.8 Å². The van der Waals surface area contributed by atoms with Gasteiger partial charge in [-0.25, -0.2) is 4.79 Å². The van der Waals surface area contributed by atoms with Crippen LogP contribution in [0.3, 0.4) is 0 Å². The average molecular weight is 198 g/mol. The highest BCUT2D eigenvalue weighted by Crippen LogP contribution is 2.14. The van der Waals surface area contributed by atoms with Gasteiger partial charge in [0.25, 0.3) is 0 Å². The summed E-state index contributed by atoms with van der Waals surface area (Å²) in [5.41, 5.74) is 0. The predicted molar refractivity (Wildman–Crippen MR) is 55.4 cm³/mol. The fourth-order valence-corrected chi connectivity index (χ4v) is 1.88. The Balaban J connectivity index is 2.61. The lowest BCUT2D eigenvalue weighted by Gasteiger charge is -2.42. The van der Waals surface area contributed by atoms with E-state index >= 15 is 0 Å². The molecule has 2 atom stereocenters. The van der Waals surface area contributed by atoms with Crippen LogP contribution in [0.1, 0.15) is 13.8 Å². The van der Waals surface area contributed by atoms with Crippen LogP contribution in [0.4, 0.5) is 4.79 Å². The molecule has 14 heavy (non-hydrogen) atoms. The molecule has 1 rings (SSSR count). The van der Waals surface area contributed by atoms with E-state index in [2.05, 4.69) is 11.5 Å². The van der Waals surface area contributed by atoms with Gasteiger partial charge in [0.2, 0.25) is 0 Å². The molecule has 0 aromatic rings. The second-order valence-corrected chi connectivity index (χ2v) is 3.88. The molecule has 4 nitrogen and oxygen atoms in total. The number of hydrogen-bond acceptors (Lipinski definition) is 2. The first-order valence-electron chi connectivity index (χ1n) is 4.90. The van der Waals surface area contributed by atoms with Gasteiger partial charge in [-0.05, 0) is 13.8 Å². The molecule has 0 aromatic heterocycles. The van der Waals surface area contributed by atoms with Crippen molar-refractivity contribution in [3.05, 3.63) is 12.7 Å². The van der Waals surface area contributed by atoms with Gasteiger partial charge in [0.1, 0.15) is 0 Å². The van der Waals surface area contributed by atoms with E-state index in [-0.39, 0.29) is 12.1 Å². The van der Waals surface area contributed by atoms with Gasteiger partial charge in [-0.2, -0.15) is 0 Å². The Morgan fingerprint density at radius 2 is 2.14 bits per heavy atom. The lowest BCUT2D eigenvalue weighted by molar-refractivity contribution is 0.0499. The van der Waals surface area contributed by atoms with Gasteiger partial charge in [0.05, 0.1) is 0 Å². The van der Waals surface area contributed by atoms with Crippen LogP contribution >= 0.6 is 0 Å². The fraction of sp³-hybridized carbons (Fsp3) is 0.700. The number of carbonyl (C=O) groups is 1. The highest BCUT2D eigenvalue weighted by Gasteiger charge is 2.30. The molecule has 0 spiro atoms. The lowest BCUT2D eigenvalue weighted by Crippen LogP contribution is -2.57. The second kappa shape index (κ2) is 4.46. The molecule has 0 aromatic carbocycles. The third kappa shape index (κ3) is 2.26. The molecular weight excluding hydrogens is 180 g/mol. The van der Waals surface area contributed by atoms with E-state index in [1.54, 1.807) is 0 Å². The van der Waals surface area contributed by atoms with Gasteiger partial charge >= 0.3 is 6.09 Å². The number of hydrogen-bond donors (Lipinski definition) is 1. The minimum absolute atomic E-state index is 0.0728. The van der Waals surface area contributed by atoms with E-state index in [9.17, 15) is 4.79 Å². The molecule has 1 heterocycles. The zero-order valence-corrected chi connectivity index (χ0v) is 8.81. The van der Waals surface area contributed by atoms with Crippen LogP contribution in [-0.2, 0) is 0 Å². The van der Waals surface area contributed by atoms with Crippen LogP contribution in [0.2, 0.25) is 0 Å². The van der Waals surface area contributed by atoms with E-state index in [1.807, 2.05) is 19.9 Å². The summed E-state index contributed by atoms with van der Waals surface area (Å²) in [6.07, 6.45) is 1.04. The van der Waals surface area contributed by atoms with Crippen molar-refractivity contribution in [3.8, 4) is 0 Å². The average Bonchev–Trinajstić information content (AvgIpc) is 2.10. The Morgan fingerprint density at radius 1 is 1.50 bits per heavy atom. The number of carboxylic acid groups (broad SMARTS) is 1. The van der Waals surface area contributed by atoms with Crippen LogP contribution < -0.4 is 0 Å². The molecule has 0 saturated carbocycles. The normalized spacial score (nSPS) is 28.9. The Hall–Kier alpha value is -1.03. The summed E-state index contributed by atoms with van der Waals surface area (Å²) < 4.78 is 0. The zero-order valence-electron chi connectivity index (χ0n) is 8.81. The van der Waals surface area contributed by atoms with Gasteiger partial charge in [0.15, 0.2) is 0 Å². The van der Waals surface area contributed by atoms with Crippen molar-refractivity contribution in [2.24, 2.45) is 0 Å². The van der Waals surface area contributed by atoms with Crippen LogP contribution in [0, 0.1) is 0 Å². The Kier molecular flexibility index (Phi) is 3.52. The Morgan fingerprint density at radius 3 is 2.64 bits per heavy atom. The zero-order chi connectivity index (χ0) is 10.7. The Bertz CT molecular complexity index is 230. The first-order valence-corrected chi connectivity index (χ1v) is 4.90. The van der Waals surface area contributed by atoms with Crippen LogP contribution in [0.25, 0.3) is 0 Å². The summed E-state index contributed by atoms with van der Waals surface area (Å²) in [7, 11) is 0. The van der Waals surface area contributed by atoms with Gasteiger partial charge in [-0.15, -0.1) is 6.58 Å². The van der Waals surface area contributed by atoms with Crippen LogP contribution in [0.15, 0.2) is 12.7 Å². The number of piperazine rings is 1. The second-order valence-electron chi connectivity index (χ2n) is 3.88. The van der Waals surface area contributed by atoms with Gasteiger partial charge in [-0.3, -0.25) is 4.90 Å². The van der Waals surface area contributed by atoms with E-state index in [4.69, 9.17) is 5.11 Å². The first-order chi connectivity index (χ1) is 6.56. The number of nitrogens with zero attached hydrogens (tertiary/aromatic N) is 2. The molecular formula is C10H18N2O2. The molecule has 1 saturated heterocycles. The maximum absolute atomic E-state index is 10.9. The monoisotopic (exact) mass is 198 g/mol. The van der Waals surface area contributed by atoms with Crippen LogP contribution in [0.5, 0.6) is 0 Å². The largest absolute Gasteiger partial charge is 0.465 e. The third-order valence-electron chi connectivity index (χ3n) is 2.72. The fourth-order valence-electron chi connectivity index (χ4n) is 1.88. The number of rotatable bonds is 2. The molecule has 1 aliphatic rings. The van der Waals surface area contributed by atoms with Crippen molar-refractivity contribution < 1.29 is 9.90 Å². The van der Waals surface area contributed by atoms with Crippen molar-refractivity contribution in [1.29, 1.82) is 0 Å². The van der Waals surface area contributed by atoms with Crippen LogP contribution in [-0.4, -0.2) is 52.7 Å². The number of amides is 1. The van der Waals surface area contributed by atoms with E-state index in [0.29, 0.717) is 6.54 Å². The SMILES string of the molecule is C=CCN1C[C@@H](C)N(C(=O)O)C[C@@H]1C. The van der Waals surface area contributed by atoms with Crippen molar-refractivity contribution >= 4 is 6.09 Å². The molecule has 4 heteroatoms. The summed E-state index contributed by atoms with van der Waals surface area (Å²) >= 11 is 0. The van der Waals surface area contributed by atoms with Crippen molar-refractivity contribution in [1.82, 2.24) is 9.80 Å². The molecule has 0 unspecified atom stereocenters. The standard InChI is InChI=1S/C10H18N2O2/c1-4-5-11-6-9(3)12(10(13)14)7-8(11)2/h4,8-9H,1,5-7H2,2-3H3,(H,13,14)/t8-,9+/m0/s1. The topological polar surface area (TPSA) is 43.8 Å². The minimum atomic E-state index is -0.817. The maximum Gasteiger partial charge on any atom is 0.407 e. The predicted octanol–water partition coefficient (Wildman–Crippen LogP) is 1.24. The molecule has 1 amide bonds. The maximum atomic E-state index is 10.9. The molecule has 80 valence electrons. The molecule has 1 N–H and O–H groups in total. The third-order valence-corrected chi connectivity index (χ3v) is 2.72. The highest BCUT2D eigenvalue weighted by molar-refractivity contribution is 5.65. The lowest BCUT2D eigenvalue weighted by atomic mass is 10.1. The van der Waals surface area contributed by atoms with E-state index in [1.165, 1.54) is 4.90 Å². The van der Waals surface area contributed by atoms with Crippen molar-refractivity contribution in [3.63, 3.8) is 0 Å². The van der Waals surface area contributed by atoms with E-state index < -0.39 is 6.09 Å². The molecule has 0 aliphatic carbocycles. The quantitative estimate of drug-likeness (QED) is 0.679. The molecule has 0 bridgehead atoms.